The standard InChI is InChI=1S/C16H22ClN5OS2/c1-4-21(5-2)14(23)10-24-15-19-20-16(22(15)18)25-11(3)12-8-6-7-9-13(12)17/h6-9,11H,4-5,10,18H2,1-3H3. The first-order valence-electron chi connectivity index (χ1n) is 8.00. The second-order valence-electron chi connectivity index (χ2n) is 5.27. The van der Waals surface area contributed by atoms with Crippen LogP contribution in [0.1, 0.15) is 31.6 Å². The maximum absolute atomic E-state index is 12.1. The van der Waals surface area contributed by atoms with E-state index in [1.165, 1.54) is 28.2 Å². The number of carbonyl (C=O) groups excluding carboxylic acids is 1. The summed E-state index contributed by atoms with van der Waals surface area (Å²) in [5.41, 5.74) is 1.02. The van der Waals surface area contributed by atoms with Crippen molar-refractivity contribution in [1.29, 1.82) is 0 Å². The zero-order valence-corrected chi connectivity index (χ0v) is 16.9. The Morgan fingerprint density at radius 2 is 1.92 bits per heavy atom. The van der Waals surface area contributed by atoms with E-state index in [1.807, 2.05) is 45.0 Å². The topological polar surface area (TPSA) is 77.0 Å². The molecule has 0 fully saturated rings. The summed E-state index contributed by atoms with van der Waals surface area (Å²) in [4.78, 5) is 13.9. The smallest absolute Gasteiger partial charge is 0.233 e. The minimum Gasteiger partial charge on any atom is -0.343 e. The van der Waals surface area contributed by atoms with E-state index in [2.05, 4.69) is 10.2 Å². The van der Waals surface area contributed by atoms with Crippen LogP contribution in [0.25, 0.3) is 0 Å². The SMILES string of the molecule is CCN(CC)C(=O)CSc1nnc(SC(C)c2ccccc2Cl)n1N. The molecule has 2 N–H and O–H groups in total. The van der Waals surface area contributed by atoms with Crippen molar-refractivity contribution in [2.45, 2.75) is 36.3 Å². The van der Waals surface area contributed by atoms with Crippen molar-refractivity contribution in [2.24, 2.45) is 0 Å². The second kappa shape index (κ2) is 9.35. The highest BCUT2D eigenvalue weighted by molar-refractivity contribution is 8.00. The number of thioether (sulfide) groups is 2. The number of hydrogen-bond donors (Lipinski definition) is 1. The largest absolute Gasteiger partial charge is 0.343 e. The number of nitrogens with zero attached hydrogens (tertiary/aromatic N) is 4. The first-order chi connectivity index (χ1) is 12.0. The summed E-state index contributed by atoms with van der Waals surface area (Å²) in [6, 6.07) is 7.69. The van der Waals surface area contributed by atoms with E-state index in [4.69, 9.17) is 17.4 Å². The lowest BCUT2D eigenvalue weighted by Gasteiger charge is -2.17. The van der Waals surface area contributed by atoms with Crippen LogP contribution in [-0.2, 0) is 4.79 Å². The molecular weight excluding hydrogens is 378 g/mol. The fourth-order valence-corrected chi connectivity index (χ4v) is 4.38. The monoisotopic (exact) mass is 399 g/mol. The summed E-state index contributed by atoms with van der Waals surface area (Å²) in [5.74, 6) is 6.45. The molecule has 1 heterocycles. The molecule has 25 heavy (non-hydrogen) atoms. The zero-order chi connectivity index (χ0) is 18.4. The third-order valence-corrected chi connectivity index (χ3v) is 6.07. The summed E-state index contributed by atoms with van der Waals surface area (Å²) in [6.07, 6.45) is 0. The van der Waals surface area contributed by atoms with Gasteiger partial charge in [0.1, 0.15) is 0 Å². The summed E-state index contributed by atoms with van der Waals surface area (Å²) >= 11 is 9.01. The van der Waals surface area contributed by atoms with Crippen molar-refractivity contribution in [2.75, 3.05) is 24.7 Å². The predicted molar refractivity (Wildman–Crippen MR) is 105 cm³/mol. The minimum atomic E-state index is 0.0663. The molecule has 1 aromatic carbocycles. The molecule has 0 spiro atoms. The van der Waals surface area contributed by atoms with Gasteiger partial charge in [0.25, 0.3) is 0 Å². The van der Waals surface area contributed by atoms with Crippen molar-refractivity contribution in [3.63, 3.8) is 0 Å². The van der Waals surface area contributed by atoms with Gasteiger partial charge in [-0.05, 0) is 32.4 Å². The van der Waals surface area contributed by atoms with Crippen LogP contribution >= 0.6 is 35.1 Å². The van der Waals surface area contributed by atoms with Crippen LogP contribution in [0.4, 0.5) is 0 Å². The Balaban J connectivity index is 2.01. The summed E-state index contributed by atoms with van der Waals surface area (Å²) < 4.78 is 1.43. The summed E-state index contributed by atoms with van der Waals surface area (Å²) in [7, 11) is 0. The van der Waals surface area contributed by atoms with Crippen molar-refractivity contribution < 1.29 is 4.79 Å². The number of nitrogens with two attached hydrogens (primary N) is 1. The van der Waals surface area contributed by atoms with Crippen LogP contribution in [0.5, 0.6) is 0 Å². The Hall–Kier alpha value is -1.38. The molecule has 0 bridgehead atoms. The molecule has 0 saturated carbocycles. The zero-order valence-electron chi connectivity index (χ0n) is 14.5. The molecule has 0 aliphatic carbocycles. The second-order valence-corrected chi connectivity index (χ2v) is 7.93. The van der Waals surface area contributed by atoms with Crippen molar-refractivity contribution in [3.8, 4) is 0 Å². The first kappa shape index (κ1) is 19.9. The van der Waals surface area contributed by atoms with Crippen LogP contribution in [0, 0.1) is 0 Å². The molecule has 2 aromatic rings. The van der Waals surface area contributed by atoms with E-state index < -0.39 is 0 Å². The fourth-order valence-electron chi connectivity index (χ4n) is 2.26. The Kier molecular flexibility index (Phi) is 7.46. The van der Waals surface area contributed by atoms with E-state index in [1.54, 1.807) is 4.90 Å². The van der Waals surface area contributed by atoms with E-state index in [0.717, 1.165) is 5.56 Å². The maximum atomic E-state index is 12.1. The number of carbonyl (C=O) groups is 1. The number of amides is 1. The Labute approximate surface area is 161 Å². The minimum absolute atomic E-state index is 0.0663. The van der Waals surface area contributed by atoms with Crippen LogP contribution in [-0.4, -0.2) is 44.5 Å². The van der Waals surface area contributed by atoms with Crippen LogP contribution in [0.3, 0.4) is 0 Å². The normalized spacial score (nSPS) is 12.2. The highest BCUT2D eigenvalue weighted by atomic mass is 35.5. The number of rotatable bonds is 8. The molecule has 0 radical (unpaired) electrons. The Morgan fingerprint density at radius 1 is 1.28 bits per heavy atom. The van der Waals surface area contributed by atoms with E-state index in [9.17, 15) is 4.79 Å². The lowest BCUT2D eigenvalue weighted by Crippen LogP contribution is -2.32. The molecule has 0 saturated heterocycles. The highest BCUT2D eigenvalue weighted by Gasteiger charge is 2.18. The van der Waals surface area contributed by atoms with Gasteiger partial charge in [0.05, 0.1) is 5.75 Å². The lowest BCUT2D eigenvalue weighted by atomic mass is 10.2. The van der Waals surface area contributed by atoms with Crippen LogP contribution < -0.4 is 5.84 Å². The van der Waals surface area contributed by atoms with Gasteiger partial charge in [0.2, 0.25) is 16.2 Å². The van der Waals surface area contributed by atoms with Gasteiger partial charge in [-0.2, -0.15) is 0 Å². The maximum Gasteiger partial charge on any atom is 0.233 e. The molecule has 1 unspecified atom stereocenters. The van der Waals surface area contributed by atoms with Crippen LogP contribution in [0.2, 0.25) is 5.02 Å². The average Bonchev–Trinajstić information content (AvgIpc) is 2.94. The first-order valence-corrected chi connectivity index (χ1v) is 10.2. The van der Waals surface area contributed by atoms with Gasteiger partial charge in [-0.25, -0.2) is 4.68 Å². The van der Waals surface area contributed by atoms with Gasteiger partial charge in [-0.3, -0.25) is 4.79 Å². The van der Waals surface area contributed by atoms with Crippen LogP contribution in [0.15, 0.2) is 34.6 Å². The van der Waals surface area contributed by atoms with E-state index >= 15 is 0 Å². The molecule has 136 valence electrons. The molecule has 9 heteroatoms. The highest BCUT2D eigenvalue weighted by Crippen LogP contribution is 2.37. The fraction of sp³-hybridized carbons (Fsp3) is 0.438. The van der Waals surface area contributed by atoms with Crippen molar-refractivity contribution in [3.05, 3.63) is 34.9 Å². The van der Waals surface area contributed by atoms with Crippen molar-refractivity contribution in [1.82, 2.24) is 19.8 Å². The average molecular weight is 400 g/mol. The molecule has 1 amide bonds. The third kappa shape index (κ3) is 5.05. The van der Waals surface area contributed by atoms with Gasteiger partial charge in [-0.15, -0.1) is 10.2 Å². The molecule has 1 aromatic heterocycles. The predicted octanol–water partition coefficient (Wildman–Crippen LogP) is 3.46. The number of nitrogen functional groups attached to an aromatic ring is 1. The molecule has 1 atom stereocenters. The van der Waals surface area contributed by atoms with Gasteiger partial charge < -0.3 is 10.7 Å². The number of aromatic nitrogens is 3. The number of benzene rings is 1. The third-order valence-electron chi connectivity index (χ3n) is 3.70. The molecule has 0 aliphatic heterocycles. The van der Waals surface area contributed by atoms with Gasteiger partial charge >= 0.3 is 0 Å². The van der Waals surface area contributed by atoms with E-state index in [0.29, 0.717) is 34.2 Å². The molecule has 6 nitrogen and oxygen atoms in total. The van der Waals surface area contributed by atoms with Gasteiger partial charge in [0.15, 0.2) is 0 Å². The molecule has 0 aliphatic rings. The van der Waals surface area contributed by atoms with Crippen molar-refractivity contribution >= 4 is 41.0 Å². The summed E-state index contributed by atoms with van der Waals surface area (Å²) in [6.45, 7) is 7.35. The number of hydrogen-bond acceptors (Lipinski definition) is 6. The Bertz CT molecular complexity index is 720. The number of halogens is 1. The summed E-state index contributed by atoms with van der Waals surface area (Å²) in [5, 5.41) is 10.1. The molecular formula is C16H22ClN5OS2. The van der Waals surface area contributed by atoms with Gasteiger partial charge in [-0.1, -0.05) is 53.3 Å². The quantitative estimate of drug-likeness (QED) is 0.541. The van der Waals surface area contributed by atoms with E-state index in [-0.39, 0.29) is 11.2 Å². The Morgan fingerprint density at radius 3 is 2.56 bits per heavy atom. The van der Waals surface area contributed by atoms with Gasteiger partial charge in [0, 0.05) is 23.4 Å². The molecule has 2 rings (SSSR count). The lowest BCUT2D eigenvalue weighted by molar-refractivity contribution is -0.127.